The Balaban J connectivity index is 2.40. The summed E-state index contributed by atoms with van der Waals surface area (Å²) in [6.45, 7) is 4.34. The van der Waals surface area contributed by atoms with Gasteiger partial charge in [0.2, 0.25) is 0 Å². The highest BCUT2D eigenvalue weighted by atomic mass is 35.5. The van der Waals surface area contributed by atoms with Crippen LogP contribution in [0.15, 0.2) is 18.2 Å². The molecule has 0 saturated heterocycles. The lowest BCUT2D eigenvalue weighted by atomic mass is 10.0. The highest BCUT2D eigenvalue weighted by Gasteiger charge is 2.13. The number of halogens is 1. The Morgan fingerprint density at radius 1 is 1.11 bits per heavy atom. The molecular formula is C17H27ClO. The van der Waals surface area contributed by atoms with Crippen LogP contribution in [0.1, 0.15) is 68.4 Å². The van der Waals surface area contributed by atoms with Crippen LogP contribution in [0.4, 0.5) is 0 Å². The fraction of sp³-hybridized carbons (Fsp3) is 0.647. The second kappa shape index (κ2) is 9.25. The van der Waals surface area contributed by atoms with E-state index < -0.39 is 0 Å². The number of benzene rings is 1. The van der Waals surface area contributed by atoms with Crippen LogP contribution in [0, 0.1) is 6.92 Å². The van der Waals surface area contributed by atoms with Crippen molar-refractivity contribution < 1.29 is 4.74 Å². The van der Waals surface area contributed by atoms with Crippen molar-refractivity contribution in [1.82, 2.24) is 0 Å². The number of hydrogen-bond donors (Lipinski definition) is 0. The van der Waals surface area contributed by atoms with Crippen molar-refractivity contribution in [3.63, 3.8) is 0 Å². The van der Waals surface area contributed by atoms with Crippen molar-refractivity contribution in [2.24, 2.45) is 0 Å². The van der Waals surface area contributed by atoms with Crippen LogP contribution < -0.4 is 4.74 Å². The first-order valence-corrected chi connectivity index (χ1v) is 7.91. The number of methoxy groups -OCH3 is 1. The molecule has 1 nitrogen and oxygen atoms in total. The zero-order valence-electron chi connectivity index (χ0n) is 12.5. The third-order valence-electron chi connectivity index (χ3n) is 3.53. The lowest BCUT2D eigenvalue weighted by Gasteiger charge is -2.14. The molecule has 0 heterocycles. The first kappa shape index (κ1) is 16.4. The molecule has 0 aliphatic heterocycles. The predicted octanol–water partition coefficient (Wildman–Crippen LogP) is 6.03. The number of ether oxygens (including phenoxy) is 1. The average molecular weight is 283 g/mol. The Kier molecular flexibility index (Phi) is 7.97. The summed E-state index contributed by atoms with van der Waals surface area (Å²) < 4.78 is 5.40. The fourth-order valence-electron chi connectivity index (χ4n) is 2.36. The van der Waals surface area contributed by atoms with Crippen molar-refractivity contribution in [2.45, 2.75) is 64.2 Å². The standard InChI is InChI=1S/C17H27ClO/c1-4-5-6-7-8-9-10-16(18)15-13-14(2)11-12-17(15)19-3/h11-13,16H,4-10H2,1-3H3. The molecule has 0 N–H and O–H groups in total. The number of alkyl halides is 1. The molecule has 0 aromatic heterocycles. The molecular weight excluding hydrogens is 256 g/mol. The number of rotatable bonds is 9. The van der Waals surface area contributed by atoms with Crippen LogP contribution in [0.2, 0.25) is 0 Å². The van der Waals surface area contributed by atoms with Gasteiger partial charge in [-0.1, -0.05) is 63.1 Å². The largest absolute Gasteiger partial charge is 0.496 e. The predicted molar refractivity (Wildman–Crippen MR) is 84.3 cm³/mol. The molecule has 19 heavy (non-hydrogen) atoms. The van der Waals surface area contributed by atoms with Crippen molar-refractivity contribution in [3.8, 4) is 5.75 Å². The lowest BCUT2D eigenvalue weighted by Crippen LogP contribution is -1.97. The maximum absolute atomic E-state index is 6.52. The summed E-state index contributed by atoms with van der Waals surface area (Å²) in [4.78, 5) is 0. The summed E-state index contributed by atoms with van der Waals surface area (Å²) in [5.74, 6) is 0.914. The van der Waals surface area contributed by atoms with E-state index in [0.717, 1.165) is 17.7 Å². The van der Waals surface area contributed by atoms with Crippen LogP contribution >= 0.6 is 11.6 Å². The molecule has 1 rings (SSSR count). The molecule has 1 atom stereocenters. The van der Waals surface area contributed by atoms with Gasteiger partial charge in [-0.15, -0.1) is 11.6 Å². The van der Waals surface area contributed by atoms with E-state index in [0.29, 0.717) is 0 Å². The molecule has 2 heteroatoms. The van der Waals surface area contributed by atoms with Crippen LogP contribution in [-0.4, -0.2) is 7.11 Å². The van der Waals surface area contributed by atoms with Gasteiger partial charge in [-0.3, -0.25) is 0 Å². The Morgan fingerprint density at radius 2 is 1.79 bits per heavy atom. The Bertz CT molecular complexity index is 362. The van der Waals surface area contributed by atoms with E-state index in [9.17, 15) is 0 Å². The monoisotopic (exact) mass is 282 g/mol. The minimum Gasteiger partial charge on any atom is -0.496 e. The van der Waals surface area contributed by atoms with Crippen LogP contribution in [0.25, 0.3) is 0 Å². The molecule has 0 aliphatic carbocycles. The zero-order chi connectivity index (χ0) is 14.1. The summed E-state index contributed by atoms with van der Waals surface area (Å²) in [7, 11) is 1.71. The smallest absolute Gasteiger partial charge is 0.123 e. The third-order valence-corrected chi connectivity index (χ3v) is 3.99. The van der Waals surface area contributed by atoms with Crippen LogP contribution in [0.3, 0.4) is 0 Å². The van der Waals surface area contributed by atoms with Gasteiger partial charge in [0.15, 0.2) is 0 Å². The topological polar surface area (TPSA) is 9.23 Å². The van der Waals surface area contributed by atoms with Gasteiger partial charge in [0.25, 0.3) is 0 Å². The second-order valence-corrected chi connectivity index (χ2v) is 5.80. The Hall–Kier alpha value is -0.690. The van der Waals surface area contributed by atoms with E-state index in [1.54, 1.807) is 7.11 Å². The Labute approximate surface area is 123 Å². The molecule has 1 aromatic rings. The summed E-state index contributed by atoms with van der Waals surface area (Å²) in [6, 6.07) is 6.23. The summed E-state index contributed by atoms with van der Waals surface area (Å²) in [5, 5.41) is 0.0704. The van der Waals surface area contributed by atoms with Crippen molar-refractivity contribution in [2.75, 3.05) is 7.11 Å². The minimum atomic E-state index is 0.0704. The fourth-order valence-corrected chi connectivity index (χ4v) is 2.68. The molecule has 0 radical (unpaired) electrons. The molecule has 0 bridgehead atoms. The zero-order valence-corrected chi connectivity index (χ0v) is 13.3. The molecule has 1 aromatic carbocycles. The first-order valence-electron chi connectivity index (χ1n) is 7.47. The number of unbranched alkanes of at least 4 members (excludes halogenated alkanes) is 5. The quantitative estimate of drug-likeness (QED) is 0.397. The average Bonchev–Trinajstić information content (AvgIpc) is 2.42. The number of hydrogen-bond acceptors (Lipinski definition) is 1. The van der Waals surface area contributed by atoms with Crippen molar-refractivity contribution in [1.29, 1.82) is 0 Å². The van der Waals surface area contributed by atoms with E-state index in [4.69, 9.17) is 16.3 Å². The first-order chi connectivity index (χ1) is 9.19. The molecule has 0 fully saturated rings. The normalized spacial score (nSPS) is 12.4. The molecule has 0 spiro atoms. The highest BCUT2D eigenvalue weighted by molar-refractivity contribution is 6.21. The molecule has 108 valence electrons. The third kappa shape index (κ3) is 5.86. The highest BCUT2D eigenvalue weighted by Crippen LogP contribution is 2.34. The van der Waals surface area contributed by atoms with Gasteiger partial charge in [0.1, 0.15) is 5.75 Å². The van der Waals surface area contributed by atoms with Gasteiger partial charge in [-0.25, -0.2) is 0 Å². The van der Waals surface area contributed by atoms with Crippen LogP contribution in [0.5, 0.6) is 5.75 Å². The van der Waals surface area contributed by atoms with E-state index in [-0.39, 0.29) is 5.38 Å². The molecule has 0 amide bonds. The minimum absolute atomic E-state index is 0.0704. The van der Waals surface area contributed by atoms with E-state index in [1.807, 2.05) is 6.07 Å². The maximum atomic E-state index is 6.52. The summed E-state index contributed by atoms with van der Waals surface area (Å²) in [5.41, 5.74) is 2.38. The van der Waals surface area contributed by atoms with Gasteiger partial charge < -0.3 is 4.74 Å². The van der Waals surface area contributed by atoms with Gasteiger partial charge >= 0.3 is 0 Å². The van der Waals surface area contributed by atoms with Crippen LogP contribution in [-0.2, 0) is 0 Å². The summed E-state index contributed by atoms with van der Waals surface area (Å²) >= 11 is 6.52. The molecule has 1 unspecified atom stereocenters. The van der Waals surface area contributed by atoms with Gasteiger partial charge in [0.05, 0.1) is 12.5 Å². The van der Waals surface area contributed by atoms with Gasteiger partial charge in [-0.2, -0.15) is 0 Å². The van der Waals surface area contributed by atoms with E-state index in [1.165, 1.54) is 44.1 Å². The van der Waals surface area contributed by atoms with Gasteiger partial charge in [0, 0.05) is 5.56 Å². The number of aryl methyl sites for hydroxylation is 1. The lowest BCUT2D eigenvalue weighted by molar-refractivity contribution is 0.408. The van der Waals surface area contributed by atoms with Crippen molar-refractivity contribution >= 4 is 11.6 Å². The second-order valence-electron chi connectivity index (χ2n) is 5.27. The van der Waals surface area contributed by atoms with Crippen molar-refractivity contribution in [3.05, 3.63) is 29.3 Å². The molecule has 0 aliphatic rings. The van der Waals surface area contributed by atoms with Gasteiger partial charge in [-0.05, 0) is 19.4 Å². The maximum Gasteiger partial charge on any atom is 0.123 e. The van der Waals surface area contributed by atoms with E-state index >= 15 is 0 Å². The Morgan fingerprint density at radius 3 is 2.47 bits per heavy atom. The molecule has 0 saturated carbocycles. The summed E-state index contributed by atoms with van der Waals surface area (Å²) in [6.07, 6.45) is 8.88. The SMILES string of the molecule is CCCCCCCCC(Cl)c1cc(C)ccc1OC. The van der Waals surface area contributed by atoms with E-state index in [2.05, 4.69) is 26.0 Å².